The van der Waals surface area contributed by atoms with Gasteiger partial charge in [-0.3, -0.25) is 9.59 Å². The summed E-state index contributed by atoms with van der Waals surface area (Å²) in [6.07, 6.45) is 2.93. The van der Waals surface area contributed by atoms with E-state index in [9.17, 15) is 9.59 Å². The van der Waals surface area contributed by atoms with Gasteiger partial charge in [-0.05, 0) is 17.5 Å². The van der Waals surface area contributed by atoms with E-state index < -0.39 is 11.9 Å². The Labute approximate surface area is 147 Å². The molecule has 0 radical (unpaired) electrons. The minimum atomic E-state index is -0.652. The number of carbonyl (C=O) groups is 2. The zero-order valence-electron chi connectivity index (χ0n) is 14.9. The van der Waals surface area contributed by atoms with Crippen LogP contribution in [0.4, 0.5) is 0 Å². The standard InChI is InChI=1S/C19H25N3O3/c1-4-18(23)16(21-19(24)17(22-25)9-12(2)3)10-13-11-20-15-8-6-5-7-14(13)15/h5-8,11-12,16,20,25H,4,9-10H2,1-3H3,(H,21,24). The van der Waals surface area contributed by atoms with Crippen LogP contribution in [0.15, 0.2) is 35.6 Å². The first-order valence-electron chi connectivity index (χ1n) is 8.55. The molecule has 25 heavy (non-hydrogen) atoms. The van der Waals surface area contributed by atoms with Crippen LogP contribution in [0, 0.1) is 5.92 Å². The molecule has 1 aromatic heterocycles. The number of fused-ring (bicyclic) bond motifs is 1. The highest BCUT2D eigenvalue weighted by atomic mass is 16.4. The lowest BCUT2D eigenvalue weighted by atomic mass is 9.99. The number of nitrogens with one attached hydrogen (secondary N) is 2. The van der Waals surface area contributed by atoms with Crippen molar-refractivity contribution >= 4 is 28.3 Å². The van der Waals surface area contributed by atoms with Crippen LogP contribution in [0.3, 0.4) is 0 Å². The minimum absolute atomic E-state index is 0.0443. The lowest BCUT2D eigenvalue weighted by Crippen LogP contribution is -2.45. The first kappa shape index (κ1) is 18.7. The molecular formula is C19H25N3O3. The first-order chi connectivity index (χ1) is 12.0. The smallest absolute Gasteiger partial charge is 0.269 e. The number of hydrogen-bond acceptors (Lipinski definition) is 4. The van der Waals surface area contributed by atoms with E-state index in [2.05, 4.69) is 15.5 Å². The molecule has 1 atom stereocenters. The van der Waals surface area contributed by atoms with Crippen molar-refractivity contribution in [2.24, 2.45) is 11.1 Å². The van der Waals surface area contributed by atoms with Crippen LogP contribution in [-0.2, 0) is 16.0 Å². The van der Waals surface area contributed by atoms with Gasteiger partial charge < -0.3 is 15.5 Å². The maximum atomic E-state index is 12.4. The Hall–Kier alpha value is -2.63. The third-order valence-electron chi connectivity index (χ3n) is 4.13. The van der Waals surface area contributed by atoms with Crippen molar-refractivity contribution in [2.75, 3.05) is 0 Å². The zero-order chi connectivity index (χ0) is 18.4. The second-order valence-corrected chi connectivity index (χ2v) is 6.55. The molecule has 2 aromatic rings. The van der Waals surface area contributed by atoms with Crippen molar-refractivity contribution in [1.82, 2.24) is 10.3 Å². The normalized spacial score (nSPS) is 13.2. The number of hydrogen-bond donors (Lipinski definition) is 3. The summed E-state index contributed by atoms with van der Waals surface area (Å²) >= 11 is 0. The van der Waals surface area contributed by atoms with Gasteiger partial charge >= 0.3 is 0 Å². The molecule has 3 N–H and O–H groups in total. The summed E-state index contributed by atoms with van der Waals surface area (Å²) < 4.78 is 0. The molecule has 0 aliphatic carbocycles. The van der Waals surface area contributed by atoms with Gasteiger partial charge in [-0.25, -0.2) is 0 Å². The molecule has 0 aliphatic rings. The molecule has 0 bridgehead atoms. The Morgan fingerprint density at radius 3 is 2.64 bits per heavy atom. The number of para-hydroxylation sites is 1. The number of ketones is 1. The molecule has 6 nitrogen and oxygen atoms in total. The van der Waals surface area contributed by atoms with Crippen LogP contribution in [0.2, 0.25) is 0 Å². The predicted octanol–water partition coefficient (Wildman–Crippen LogP) is 3.05. The number of benzene rings is 1. The number of Topliss-reactive ketones (excluding diaryl/α,β-unsaturated/α-hetero) is 1. The van der Waals surface area contributed by atoms with Crippen LogP contribution in [-0.4, -0.2) is 33.6 Å². The highest BCUT2D eigenvalue weighted by molar-refractivity contribution is 6.39. The fourth-order valence-electron chi connectivity index (χ4n) is 2.82. The molecule has 6 heteroatoms. The van der Waals surface area contributed by atoms with Gasteiger partial charge in [0.15, 0.2) is 5.78 Å². The van der Waals surface area contributed by atoms with Gasteiger partial charge in [-0.2, -0.15) is 0 Å². The van der Waals surface area contributed by atoms with Gasteiger partial charge in [0.1, 0.15) is 5.71 Å². The molecule has 0 saturated carbocycles. The summed E-state index contributed by atoms with van der Waals surface area (Å²) in [7, 11) is 0. The third kappa shape index (κ3) is 4.68. The van der Waals surface area contributed by atoms with Crippen LogP contribution in [0.5, 0.6) is 0 Å². The number of aromatic nitrogens is 1. The Kier molecular flexibility index (Phi) is 6.33. The van der Waals surface area contributed by atoms with E-state index in [1.165, 1.54) is 0 Å². The molecule has 0 saturated heterocycles. The van der Waals surface area contributed by atoms with Gasteiger partial charge in [0.2, 0.25) is 0 Å². The fourth-order valence-corrected chi connectivity index (χ4v) is 2.82. The number of amides is 1. The minimum Gasteiger partial charge on any atom is -0.410 e. The van der Waals surface area contributed by atoms with Crippen molar-refractivity contribution in [3.8, 4) is 0 Å². The summed E-state index contributed by atoms with van der Waals surface area (Å²) in [4.78, 5) is 27.9. The average molecular weight is 343 g/mol. The number of rotatable bonds is 8. The summed E-state index contributed by atoms with van der Waals surface area (Å²) in [6, 6.07) is 7.17. The molecule has 134 valence electrons. The van der Waals surface area contributed by atoms with Crippen LogP contribution >= 0.6 is 0 Å². The van der Waals surface area contributed by atoms with Crippen molar-refractivity contribution in [3.63, 3.8) is 0 Å². The van der Waals surface area contributed by atoms with Crippen molar-refractivity contribution in [2.45, 2.75) is 46.1 Å². The van der Waals surface area contributed by atoms with Crippen LogP contribution < -0.4 is 5.32 Å². The second kappa shape index (κ2) is 8.46. The highest BCUT2D eigenvalue weighted by Gasteiger charge is 2.24. The highest BCUT2D eigenvalue weighted by Crippen LogP contribution is 2.19. The number of oxime groups is 1. The molecule has 0 fully saturated rings. The van der Waals surface area contributed by atoms with Crippen LogP contribution in [0.25, 0.3) is 10.9 Å². The topological polar surface area (TPSA) is 94.5 Å². The Morgan fingerprint density at radius 2 is 2.00 bits per heavy atom. The number of nitrogens with zero attached hydrogens (tertiary/aromatic N) is 1. The largest absolute Gasteiger partial charge is 0.410 e. The lowest BCUT2D eigenvalue weighted by molar-refractivity contribution is -0.124. The van der Waals surface area contributed by atoms with Gasteiger partial charge in [-0.1, -0.05) is 44.1 Å². The fraction of sp³-hybridized carbons (Fsp3) is 0.421. The molecule has 0 spiro atoms. The maximum absolute atomic E-state index is 12.4. The van der Waals surface area contributed by atoms with Crippen molar-refractivity contribution in [1.29, 1.82) is 0 Å². The molecule has 1 unspecified atom stereocenters. The van der Waals surface area contributed by atoms with E-state index >= 15 is 0 Å². The van der Waals surface area contributed by atoms with E-state index in [1.807, 2.05) is 44.3 Å². The first-order valence-corrected chi connectivity index (χ1v) is 8.55. The van der Waals surface area contributed by atoms with Gasteiger partial charge in [0.05, 0.1) is 6.04 Å². The molecule has 1 heterocycles. The van der Waals surface area contributed by atoms with Gasteiger partial charge in [-0.15, -0.1) is 0 Å². The number of carbonyl (C=O) groups excluding carboxylic acids is 2. The Morgan fingerprint density at radius 1 is 1.28 bits per heavy atom. The summed E-state index contributed by atoms with van der Waals surface area (Å²) in [6.45, 7) is 5.63. The molecule has 2 rings (SSSR count). The molecule has 0 aliphatic heterocycles. The molecule has 1 amide bonds. The van der Waals surface area contributed by atoms with E-state index in [1.54, 1.807) is 6.92 Å². The number of aromatic amines is 1. The van der Waals surface area contributed by atoms with Crippen molar-refractivity contribution in [3.05, 3.63) is 36.0 Å². The van der Waals surface area contributed by atoms with E-state index in [-0.39, 0.29) is 17.4 Å². The zero-order valence-corrected chi connectivity index (χ0v) is 14.9. The van der Waals surface area contributed by atoms with Gasteiger partial charge in [0, 0.05) is 36.4 Å². The van der Waals surface area contributed by atoms with E-state index in [0.29, 0.717) is 19.3 Å². The van der Waals surface area contributed by atoms with Gasteiger partial charge in [0.25, 0.3) is 5.91 Å². The summed E-state index contributed by atoms with van der Waals surface area (Å²) in [5, 5.41) is 16.0. The average Bonchev–Trinajstić information content (AvgIpc) is 3.01. The Balaban J connectivity index is 2.19. The molecule has 1 aromatic carbocycles. The summed E-state index contributed by atoms with van der Waals surface area (Å²) in [5.74, 6) is -0.381. The van der Waals surface area contributed by atoms with E-state index in [4.69, 9.17) is 5.21 Å². The maximum Gasteiger partial charge on any atom is 0.269 e. The quantitative estimate of drug-likeness (QED) is 0.390. The molecular weight excluding hydrogens is 318 g/mol. The van der Waals surface area contributed by atoms with Crippen molar-refractivity contribution < 1.29 is 14.8 Å². The third-order valence-corrected chi connectivity index (χ3v) is 4.13. The monoisotopic (exact) mass is 343 g/mol. The van der Waals surface area contributed by atoms with Crippen LogP contribution in [0.1, 0.15) is 39.2 Å². The Bertz CT molecular complexity index is 777. The number of H-pyrrole nitrogens is 1. The SMILES string of the molecule is CCC(=O)C(Cc1c[nH]c2ccccc12)NC(=O)C(CC(C)C)=NO. The predicted molar refractivity (Wildman–Crippen MR) is 97.9 cm³/mol. The lowest BCUT2D eigenvalue weighted by Gasteiger charge is -2.17. The van der Waals surface area contributed by atoms with E-state index in [0.717, 1.165) is 16.5 Å². The second-order valence-electron chi connectivity index (χ2n) is 6.55. The summed E-state index contributed by atoms with van der Waals surface area (Å²) in [5.41, 5.74) is 2.00.